The summed E-state index contributed by atoms with van der Waals surface area (Å²) in [5.41, 5.74) is -0.329. The van der Waals surface area contributed by atoms with Crippen LogP contribution in [0.25, 0.3) is 0 Å². The maximum atomic E-state index is 11.4. The van der Waals surface area contributed by atoms with Crippen molar-refractivity contribution < 1.29 is 0 Å². The monoisotopic (exact) mass is 230 g/mol. The van der Waals surface area contributed by atoms with Crippen molar-refractivity contribution in [2.75, 3.05) is 0 Å². The summed E-state index contributed by atoms with van der Waals surface area (Å²) in [6, 6.07) is 0. The molecule has 0 bridgehead atoms. The largest absolute Gasteiger partial charge is 0.297 e. The molecule has 74 valence electrons. The Morgan fingerprint density at radius 1 is 1.57 bits per heavy atom. The molecule has 0 radical (unpaired) electrons. The Morgan fingerprint density at radius 3 is 2.93 bits per heavy atom. The van der Waals surface area contributed by atoms with E-state index in [-0.39, 0.29) is 15.7 Å². The third-order valence-corrected chi connectivity index (χ3v) is 2.32. The second-order valence-corrected chi connectivity index (χ2v) is 3.26. The molecule has 5 heteroatoms. The van der Waals surface area contributed by atoms with E-state index in [2.05, 4.69) is 16.8 Å². The molecule has 0 amide bonds. The van der Waals surface area contributed by atoms with Gasteiger partial charge >= 0.3 is 0 Å². The summed E-state index contributed by atoms with van der Waals surface area (Å²) in [7, 11) is 0. The lowest BCUT2D eigenvalue weighted by Crippen LogP contribution is -2.20. The average molecular weight is 231 g/mol. The molecule has 0 saturated carbocycles. The predicted octanol–water partition coefficient (Wildman–Crippen LogP) is 1.96. The third kappa shape index (κ3) is 2.50. The quantitative estimate of drug-likeness (QED) is 0.576. The molecule has 1 heterocycles. The summed E-state index contributed by atoms with van der Waals surface area (Å²) in [5, 5.41) is -0.00637. The molecule has 0 aliphatic carbocycles. The van der Waals surface area contributed by atoms with Crippen molar-refractivity contribution in [1.29, 1.82) is 0 Å². The molecule has 0 aliphatic heterocycles. The Balaban J connectivity index is 2.93. The zero-order chi connectivity index (χ0) is 10.6. The minimum Gasteiger partial charge on any atom is -0.297 e. The van der Waals surface area contributed by atoms with Crippen LogP contribution in [-0.4, -0.2) is 9.55 Å². The molecule has 0 atom stereocenters. The molecular weight excluding hydrogens is 223 g/mol. The van der Waals surface area contributed by atoms with Gasteiger partial charge in [-0.3, -0.25) is 9.36 Å². The van der Waals surface area contributed by atoms with Gasteiger partial charge in [-0.25, -0.2) is 4.98 Å². The first-order chi connectivity index (χ1) is 6.66. The smallest absolute Gasteiger partial charge is 0.273 e. The first-order valence-corrected chi connectivity index (χ1v) is 4.72. The third-order valence-electron chi connectivity index (χ3n) is 1.59. The number of halogens is 2. The van der Waals surface area contributed by atoms with Crippen LogP contribution in [0.4, 0.5) is 0 Å². The molecule has 0 N–H and O–H groups in total. The lowest BCUT2D eigenvalue weighted by molar-refractivity contribution is 0.673. The molecule has 0 fully saturated rings. The van der Waals surface area contributed by atoms with Crippen LogP contribution >= 0.6 is 23.2 Å². The zero-order valence-corrected chi connectivity index (χ0v) is 9.06. The summed E-state index contributed by atoms with van der Waals surface area (Å²) in [6.07, 6.45) is 1.96. The minimum atomic E-state index is -0.329. The molecule has 1 aromatic rings. The molecule has 0 saturated heterocycles. The van der Waals surface area contributed by atoms with E-state index in [1.165, 1.54) is 10.9 Å². The highest BCUT2D eigenvalue weighted by molar-refractivity contribution is 6.40. The van der Waals surface area contributed by atoms with E-state index in [1.807, 2.05) is 0 Å². The number of hydrogen-bond acceptors (Lipinski definition) is 2. The topological polar surface area (TPSA) is 34.9 Å². The van der Waals surface area contributed by atoms with Crippen molar-refractivity contribution >= 4 is 23.2 Å². The molecule has 0 aromatic carbocycles. The first-order valence-electron chi connectivity index (χ1n) is 3.97. The summed E-state index contributed by atoms with van der Waals surface area (Å²) < 4.78 is 1.39. The van der Waals surface area contributed by atoms with Gasteiger partial charge < -0.3 is 0 Å². The Morgan fingerprint density at radius 2 is 2.29 bits per heavy atom. The Kier molecular flexibility index (Phi) is 3.99. The first kappa shape index (κ1) is 11.1. The highest BCUT2D eigenvalue weighted by atomic mass is 35.5. The summed E-state index contributed by atoms with van der Waals surface area (Å²) in [6.45, 7) is 2.22. The maximum absolute atomic E-state index is 11.4. The second-order valence-electron chi connectivity index (χ2n) is 2.52. The van der Waals surface area contributed by atoms with Gasteiger partial charge in [0, 0.05) is 13.0 Å². The van der Waals surface area contributed by atoms with Crippen molar-refractivity contribution in [2.24, 2.45) is 0 Å². The highest BCUT2D eigenvalue weighted by Gasteiger charge is 2.05. The Labute approximate surface area is 91.7 Å². The van der Waals surface area contributed by atoms with Crippen molar-refractivity contribution in [2.45, 2.75) is 19.9 Å². The minimum absolute atomic E-state index is 0.0366. The van der Waals surface area contributed by atoms with Gasteiger partial charge in [-0.15, -0.1) is 11.8 Å². The van der Waals surface area contributed by atoms with Gasteiger partial charge in [-0.2, -0.15) is 0 Å². The molecule has 0 unspecified atom stereocenters. The molecule has 14 heavy (non-hydrogen) atoms. The summed E-state index contributed by atoms with van der Waals surface area (Å²) >= 11 is 11.2. The summed E-state index contributed by atoms with van der Waals surface area (Å²) in [4.78, 5) is 15.2. The SMILES string of the molecule is CC#CCCn1cnc(Cl)c(Cl)c1=O. The number of hydrogen-bond donors (Lipinski definition) is 0. The molecule has 1 aromatic heterocycles. The number of aromatic nitrogens is 2. The van der Waals surface area contributed by atoms with E-state index < -0.39 is 0 Å². The molecular formula is C9H8Cl2N2O. The zero-order valence-electron chi connectivity index (χ0n) is 7.55. The number of aryl methyl sites for hydroxylation is 1. The predicted molar refractivity (Wildman–Crippen MR) is 56.6 cm³/mol. The van der Waals surface area contributed by atoms with Gasteiger partial charge in [-0.1, -0.05) is 23.2 Å². The van der Waals surface area contributed by atoms with Crippen LogP contribution in [-0.2, 0) is 6.54 Å². The van der Waals surface area contributed by atoms with Crippen molar-refractivity contribution in [3.63, 3.8) is 0 Å². The van der Waals surface area contributed by atoms with E-state index in [4.69, 9.17) is 23.2 Å². The fourth-order valence-corrected chi connectivity index (χ4v) is 1.19. The van der Waals surface area contributed by atoms with Crippen molar-refractivity contribution in [3.05, 3.63) is 26.9 Å². The fraction of sp³-hybridized carbons (Fsp3) is 0.333. The van der Waals surface area contributed by atoms with E-state index in [1.54, 1.807) is 6.92 Å². The van der Waals surface area contributed by atoms with E-state index in [0.717, 1.165) is 0 Å². The average Bonchev–Trinajstić information content (AvgIpc) is 2.18. The van der Waals surface area contributed by atoms with E-state index in [0.29, 0.717) is 13.0 Å². The molecule has 0 aliphatic rings. The number of nitrogens with zero attached hydrogens (tertiary/aromatic N) is 2. The summed E-state index contributed by atoms with van der Waals surface area (Å²) in [5.74, 6) is 5.58. The van der Waals surface area contributed by atoms with Gasteiger partial charge in [0.05, 0.1) is 6.33 Å². The van der Waals surface area contributed by atoms with E-state index in [9.17, 15) is 4.79 Å². The molecule has 0 spiro atoms. The van der Waals surface area contributed by atoms with Crippen LogP contribution in [0.3, 0.4) is 0 Å². The van der Waals surface area contributed by atoms with Crippen LogP contribution < -0.4 is 5.56 Å². The van der Waals surface area contributed by atoms with Crippen LogP contribution in [0.1, 0.15) is 13.3 Å². The fourth-order valence-electron chi connectivity index (χ4n) is 0.904. The maximum Gasteiger partial charge on any atom is 0.273 e. The normalized spacial score (nSPS) is 9.36. The van der Waals surface area contributed by atoms with Crippen LogP contribution in [0.5, 0.6) is 0 Å². The van der Waals surface area contributed by atoms with Crippen LogP contribution in [0.15, 0.2) is 11.1 Å². The van der Waals surface area contributed by atoms with Crippen molar-refractivity contribution in [3.8, 4) is 11.8 Å². The van der Waals surface area contributed by atoms with Gasteiger partial charge in [0.1, 0.15) is 5.02 Å². The van der Waals surface area contributed by atoms with Crippen molar-refractivity contribution in [1.82, 2.24) is 9.55 Å². The van der Waals surface area contributed by atoms with Gasteiger partial charge in [0.2, 0.25) is 0 Å². The van der Waals surface area contributed by atoms with E-state index >= 15 is 0 Å². The van der Waals surface area contributed by atoms with Gasteiger partial charge in [0.25, 0.3) is 5.56 Å². The van der Waals surface area contributed by atoms with Gasteiger partial charge in [-0.05, 0) is 6.92 Å². The Bertz CT molecular complexity index is 442. The Hall–Kier alpha value is -0.980. The number of rotatable bonds is 2. The standard InChI is InChI=1S/C9H8Cl2N2O/c1-2-3-4-5-13-6-12-8(11)7(10)9(13)14/h6H,4-5H2,1H3. The lowest BCUT2D eigenvalue weighted by Gasteiger charge is -2.02. The molecule has 1 rings (SSSR count). The molecule has 3 nitrogen and oxygen atoms in total. The second kappa shape index (κ2) is 5.04. The lowest BCUT2D eigenvalue weighted by atomic mass is 10.4. The van der Waals surface area contributed by atoms with Crippen LogP contribution in [0.2, 0.25) is 10.2 Å². The van der Waals surface area contributed by atoms with Crippen LogP contribution in [0, 0.1) is 11.8 Å². The highest BCUT2D eigenvalue weighted by Crippen LogP contribution is 2.12. The van der Waals surface area contributed by atoms with Gasteiger partial charge in [0.15, 0.2) is 5.15 Å².